The molecule has 0 aliphatic rings. The van der Waals surface area contributed by atoms with Gasteiger partial charge < -0.3 is 10.6 Å². The Morgan fingerprint density at radius 3 is 2.93 bits per heavy atom. The van der Waals surface area contributed by atoms with Gasteiger partial charge in [0, 0.05) is 18.9 Å². The van der Waals surface area contributed by atoms with Gasteiger partial charge in [-0.2, -0.15) is 0 Å². The molecule has 0 aromatic carbocycles. The van der Waals surface area contributed by atoms with Gasteiger partial charge in [-0.1, -0.05) is 6.07 Å². The Kier molecular flexibility index (Phi) is 4.07. The number of amides is 1. The fraction of sp³-hybridized carbons (Fsp3) is 0.400. The summed E-state index contributed by atoms with van der Waals surface area (Å²) in [6.45, 7) is 2.86. The smallest absolute Gasteiger partial charge is 0.234 e. The molecule has 0 fully saturated rings. The molecule has 14 heavy (non-hydrogen) atoms. The lowest BCUT2D eigenvalue weighted by molar-refractivity contribution is -0.120. The number of carbonyl (C=O) groups is 1. The number of aromatic nitrogens is 1. The number of nitrogens with one attached hydrogen (secondary N) is 2. The molecule has 0 saturated carbocycles. The fourth-order valence-corrected chi connectivity index (χ4v) is 1.14. The SMILES string of the molecule is CNCC(=O)NCc1cncc(C)c1. The molecule has 0 aliphatic carbocycles. The minimum atomic E-state index is -0.00555. The van der Waals surface area contributed by atoms with Crippen molar-refractivity contribution in [3.05, 3.63) is 29.6 Å². The Labute approximate surface area is 83.7 Å². The Bertz CT molecular complexity index is 312. The van der Waals surface area contributed by atoms with Crippen molar-refractivity contribution >= 4 is 5.91 Å². The lowest BCUT2D eigenvalue weighted by Crippen LogP contribution is -2.31. The highest BCUT2D eigenvalue weighted by Gasteiger charge is 1.99. The summed E-state index contributed by atoms with van der Waals surface area (Å²) in [5, 5.41) is 5.57. The molecule has 1 amide bonds. The molecule has 4 heteroatoms. The van der Waals surface area contributed by atoms with Crippen molar-refractivity contribution in [2.45, 2.75) is 13.5 Å². The van der Waals surface area contributed by atoms with Crippen molar-refractivity contribution < 1.29 is 4.79 Å². The predicted octanol–water partition coefficient (Wildman–Crippen LogP) is 0.226. The summed E-state index contributed by atoms with van der Waals surface area (Å²) in [5.41, 5.74) is 2.12. The molecule has 1 aromatic rings. The van der Waals surface area contributed by atoms with E-state index in [4.69, 9.17) is 0 Å². The summed E-state index contributed by atoms with van der Waals surface area (Å²) < 4.78 is 0. The second kappa shape index (κ2) is 5.34. The van der Waals surface area contributed by atoms with Crippen LogP contribution >= 0.6 is 0 Å². The molecular weight excluding hydrogens is 178 g/mol. The third-order valence-electron chi connectivity index (χ3n) is 1.76. The van der Waals surface area contributed by atoms with Crippen molar-refractivity contribution in [3.63, 3.8) is 0 Å². The Balaban J connectivity index is 2.41. The van der Waals surface area contributed by atoms with E-state index >= 15 is 0 Å². The average Bonchev–Trinajstić information content (AvgIpc) is 2.15. The van der Waals surface area contributed by atoms with E-state index in [1.54, 1.807) is 19.4 Å². The van der Waals surface area contributed by atoms with Crippen molar-refractivity contribution in [1.29, 1.82) is 0 Å². The van der Waals surface area contributed by atoms with Crippen LogP contribution in [0.5, 0.6) is 0 Å². The summed E-state index contributed by atoms with van der Waals surface area (Å²) in [6, 6.07) is 2.01. The van der Waals surface area contributed by atoms with E-state index in [1.807, 2.05) is 13.0 Å². The van der Waals surface area contributed by atoms with Crippen LogP contribution in [0.1, 0.15) is 11.1 Å². The number of rotatable bonds is 4. The number of likely N-dealkylation sites (N-methyl/N-ethyl adjacent to an activating group) is 1. The molecule has 2 N–H and O–H groups in total. The first-order valence-electron chi connectivity index (χ1n) is 4.54. The van der Waals surface area contributed by atoms with E-state index in [0.717, 1.165) is 11.1 Å². The van der Waals surface area contributed by atoms with Gasteiger partial charge in [0.25, 0.3) is 0 Å². The molecule has 0 bridgehead atoms. The third kappa shape index (κ3) is 3.53. The zero-order valence-electron chi connectivity index (χ0n) is 8.50. The monoisotopic (exact) mass is 193 g/mol. The summed E-state index contributed by atoms with van der Waals surface area (Å²) in [4.78, 5) is 15.1. The van der Waals surface area contributed by atoms with Crippen LogP contribution in [0.4, 0.5) is 0 Å². The number of aryl methyl sites for hydroxylation is 1. The lowest BCUT2D eigenvalue weighted by Gasteiger charge is -2.04. The molecule has 1 aromatic heterocycles. The van der Waals surface area contributed by atoms with E-state index in [2.05, 4.69) is 15.6 Å². The van der Waals surface area contributed by atoms with Gasteiger partial charge >= 0.3 is 0 Å². The van der Waals surface area contributed by atoms with Crippen molar-refractivity contribution in [3.8, 4) is 0 Å². The normalized spacial score (nSPS) is 9.86. The van der Waals surface area contributed by atoms with Crippen LogP contribution in [0, 0.1) is 6.92 Å². The predicted molar refractivity (Wildman–Crippen MR) is 54.7 cm³/mol. The molecule has 0 unspecified atom stereocenters. The maximum Gasteiger partial charge on any atom is 0.234 e. The third-order valence-corrected chi connectivity index (χ3v) is 1.76. The van der Waals surface area contributed by atoms with Crippen LogP contribution in [-0.2, 0) is 11.3 Å². The molecular formula is C10H15N3O. The minimum absolute atomic E-state index is 0.00555. The average molecular weight is 193 g/mol. The second-order valence-electron chi connectivity index (χ2n) is 3.18. The highest BCUT2D eigenvalue weighted by molar-refractivity contribution is 5.77. The van der Waals surface area contributed by atoms with Gasteiger partial charge in [0.15, 0.2) is 0 Å². The van der Waals surface area contributed by atoms with Gasteiger partial charge in [-0.25, -0.2) is 0 Å². The number of hydrogen-bond donors (Lipinski definition) is 2. The van der Waals surface area contributed by atoms with Crippen LogP contribution in [0.2, 0.25) is 0 Å². The fourth-order valence-electron chi connectivity index (χ4n) is 1.14. The van der Waals surface area contributed by atoms with E-state index < -0.39 is 0 Å². The molecule has 0 aliphatic heterocycles. The van der Waals surface area contributed by atoms with Crippen LogP contribution in [0.3, 0.4) is 0 Å². The van der Waals surface area contributed by atoms with Gasteiger partial charge in [-0.15, -0.1) is 0 Å². The number of nitrogens with zero attached hydrogens (tertiary/aromatic N) is 1. The van der Waals surface area contributed by atoms with Crippen LogP contribution in [-0.4, -0.2) is 24.5 Å². The van der Waals surface area contributed by atoms with Crippen molar-refractivity contribution in [1.82, 2.24) is 15.6 Å². The topological polar surface area (TPSA) is 54.0 Å². The first-order chi connectivity index (χ1) is 6.72. The maximum atomic E-state index is 11.1. The maximum absolute atomic E-state index is 11.1. The van der Waals surface area contributed by atoms with Crippen LogP contribution in [0.15, 0.2) is 18.5 Å². The van der Waals surface area contributed by atoms with E-state index in [1.165, 1.54) is 0 Å². The minimum Gasteiger partial charge on any atom is -0.351 e. The zero-order valence-corrected chi connectivity index (χ0v) is 8.50. The molecule has 76 valence electrons. The highest BCUT2D eigenvalue weighted by Crippen LogP contribution is 1.99. The largest absolute Gasteiger partial charge is 0.351 e. The van der Waals surface area contributed by atoms with E-state index in [9.17, 15) is 4.79 Å². The molecule has 0 radical (unpaired) electrons. The Hall–Kier alpha value is -1.42. The van der Waals surface area contributed by atoms with Gasteiger partial charge in [0.2, 0.25) is 5.91 Å². The molecule has 0 spiro atoms. The first kappa shape index (κ1) is 10.7. The molecule has 1 rings (SSSR count). The standard InChI is InChI=1S/C10H15N3O/c1-8-3-9(5-12-4-8)6-13-10(14)7-11-2/h3-5,11H,6-7H2,1-2H3,(H,13,14). The van der Waals surface area contributed by atoms with E-state index in [0.29, 0.717) is 13.1 Å². The van der Waals surface area contributed by atoms with Gasteiger partial charge in [-0.05, 0) is 25.1 Å². The van der Waals surface area contributed by atoms with Crippen LogP contribution < -0.4 is 10.6 Å². The van der Waals surface area contributed by atoms with Crippen molar-refractivity contribution in [2.75, 3.05) is 13.6 Å². The first-order valence-corrected chi connectivity index (χ1v) is 4.54. The van der Waals surface area contributed by atoms with Gasteiger partial charge in [-0.3, -0.25) is 9.78 Å². The highest BCUT2D eigenvalue weighted by atomic mass is 16.1. The molecule has 0 atom stereocenters. The lowest BCUT2D eigenvalue weighted by atomic mass is 10.2. The Morgan fingerprint density at radius 2 is 2.29 bits per heavy atom. The summed E-state index contributed by atoms with van der Waals surface area (Å²) in [7, 11) is 1.74. The van der Waals surface area contributed by atoms with Gasteiger partial charge in [0.05, 0.1) is 6.54 Å². The molecule has 1 heterocycles. The molecule has 0 saturated heterocycles. The molecule has 4 nitrogen and oxygen atoms in total. The number of pyridine rings is 1. The van der Waals surface area contributed by atoms with E-state index in [-0.39, 0.29) is 5.91 Å². The Morgan fingerprint density at radius 1 is 1.50 bits per heavy atom. The second-order valence-corrected chi connectivity index (χ2v) is 3.18. The zero-order chi connectivity index (χ0) is 10.4. The summed E-state index contributed by atoms with van der Waals surface area (Å²) in [5.74, 6) is -0.00555. The summed E-state index contributed by atoms with van der Waals surface area (Å²) >= 11 is 0. The number of hydrogen-bond acceptors (Lipinski definition) is 3. The summed E-state index contributed by atoms with van der Waals surface area (Å²) in [6.07, 6.45) is 3.55. The van der Waals surface area contributed by atoms with Crippen LogP contribution in [0.25, 0.3) is 0 Å². The quantitative estimate of drug-likeness (QED) is 0.719. The number of carbonyl (C=O) groups excluding carboxylic acids is 1. The van der Waals surface area contributed by atoms with Gasteiger partial charge in [0.1, 0.15) is 0 Å². The van der Waals surface area contributed by atoms with Crippen molar-refractivity contribution in [2.24, 2.45) is 0 Å².